The quantitative estimate of drug-likeness (QED) is 0.733. The van der Waals surface area contributed by atoms with Gasteiger partial charge in [0.25, 0.3) is 0 Å². The number of rotatable bonds is 5. The van der Waals surface area contributed by atoms with Crippen molar-refractivity contribution in [1.82, 2.24) is 9.88 Å². The van der Waals surface area contributed by atoms with Crippen LogP contribution in [0.5, 0.6) is 0 Å². The molecule has 2 amide bonds. The molecule has 0 aliphatic carbocycles. The number of hydrogen-bond acceptors (Lipinski definition) is 4. The molecule has 0 bridgehead atoms. The summed E-state index contributed by atoms with van der Waals surface area (Å²) in [6.45, 7) is 10.3. The third-order valence-corrected chi connectivity index (χ3v) is 4.71. The lowest BCUT2D eigenvalue weighted by Crippen LogP contribution is -2.44. The molecule has 2 rings (SSSR count). The fourth-order valence-corrected chi connectivity index (χ4v) is 3.25. The summed E-state index contributed by atoms with van der Waals surface area (Å²) in [5, 5.41) is 0. The smallest absolute Gasteiger partial charge is 0.416 e. The van der Waals surface area contributed by atoms with Gasteiger partial charge in [0.15, 0.2) is 0 Å². The maximum atomic E-state index is 12.9. The zero-order valence-electron chi connectivity index (χ0n) is 16.6. The highest BCUT2D eigenvalue weighted by atomic mass is 16.6. The Morgan fingerprint density at radius 3 is 2.81 bits per heavy atom. The molecule has 6 nitrogen and oxygen atoms in total. The van der Waals surface area contributed by atoms with Crippen molar-refractivity contribution in [1.29, 1.82) is 0 Å². The number of piperidine rings is 1. The van der Waals surface area contributed by atoms with Crippen LogP contribution in [0.15, 0.2) is 18.3 Å². The molecule has 1 aliphatic rings. The second-order valence-electron chi connectivity index (χ2n) is 7.88. The zero-order chi connectivity index (χ0) is 19.3. The third-order valence-electron chi connectivity index (χ3n) is 4.71. The van der Waals surface area contributed by atoms with E-state index in [4.69, 9.17) is 4.74 Å². The Labute approximate surface area is 156 Å². The Morgan fingerprint density at radius 1 is 1.46 bits per heavy atom. The third kappa shape index (κ3) is 4.74. The summed E-state index contributed by atoms with van der Waals surface area (Å²) >= 11 is 0. The first-order valence-corrected chi connectivity index (χ1v) is 9.46. The summed E-state index contributed by atoms with van der Waals surface area (Å²) in [6, 6.07) is 3.71. The first-order chi connectivity index (χ1) is 12.3. The van der Waals surface area contributed by atoms with Gasteiger partial charge >= 0.3 is 6.09 Å². The second-order valence-corrected chi connectivity index (χ2v) is 7.88. The van der Waals surface area contributed by atoms with Gasteiger partial charge in [-0.1, -0.05) is 13.0 Å². The normalized spacial score (nSPS) is 19.0. The lowest BCUT2D eigenvalue weighted by Gasteiger charge is -2.37. The van der Waals surface area contributed by atoms with Crippen molar-refractivity contribution in [2.24, 2.45) is 0 Å². The molecule has 0 unspecified atom stereocenters. The van der Waals surface area contributed by atoms with Crippen LogP contribution in [-0.2, 0) is 9.53 Å². The van der Waals surface area contributed by atoms with Gasteiger partial charge in [-0.2, -0.15) is 0 Å². The molecular formula is C20H31N3O3. The number of carbonyl (C=O) groups excluding carboxylic acids is 2. The van der Waals surface area contributed by atoms with Crippen molar-refractivity contribution in [3.63, 3.8) is 0 Å². The standard InChI is InChI=1S/C20H31N3O3/c1-6-15(2)23(19(25)26-20(3,4)5)18-16(10-9-12-21-18)17-11-7-8-13-22(17)14-24/h9-10,12,14-15,17H,6-8,11,13H2,1-5H3/t15-,17-/m1/s1. The number of aromatic nitrogens is 1. The van der Waals surface area contributed by atoms with Crippen LogP contribution in [0.2, 0.25) is 0 Å². The molecule has 0 N–H and O–H groups in total. The number of amides is 2. The minimum absolute atomic E-state index is 0.0565. The molecular weight excluding hydrogens is 330 g/mol. The van der Waals surface area contributed by atoms with E-state index in [0.717, 1.165) is 44.2 Å². The van der Waals surface area contributed by atoms with E-state index in [1.165, 1.54) is 0 Å². The van der Waals surface area contributed by atoms with Gasteiger partial charge < -0.3 is 9.64 Å². The highest BCUT2D eigenvalue weighted by Gasteiger charge is 2.33. The van der Waals surface area contributed by atoms with Crippen molar-refractivity contribution in [3.8, 4) is 0 Å². The highest BCUT2D eigenvalue weighted by molar-refractivity contribution is 5.88. The van der Waals surface area contributed by atoms with Crippen LogP contribution in [0, 0.1) is 0 Å². The minimum Gasteiger partial charge on any atom is -0.443 e. The van der Waals surface area contributed by atoms with Crippen molar-refractivity contribution in [3.05, 3.63) is 23.9 Å². The maximum Gasteiger partial charge on any atom is 0.416 e. The Morgan fingerprint density at radius 2 is 2.19 bits per heavy atom. The summed E-state index contributed by atoms with van der Waals surface area (Å²) in [7, 11) is 0. The summed E-state index contributed by atoms with van der Waals surface area (Å²) in [4.78, 5) is 32.4. The lowest BCUT2D eigenvalue weighted by molar-refractivity contribution is -0.121. The van der Waals surface area contributed by atoms with Crippen LogP contribution in [0.1, 0.15) is 71.9 Å². The number of likely N-dealkylation sites (tertiary alicyclic amines) is 1. The van der Waals surface area contributed by atoms with E-state index in [0.29, 0.717) is 5.82 Å². The van der Waals surface area contributed by atoms with Crippen LogP contribution in [0.25, 0.3) is 0 Å². The molecule has 0 aromatic carbocycles. The van der Waals surface area contributed by atoms with Gasteiger partial charge in [0, 0.05) is 24.3 Å². The van der Waals surface area contributed by atoms with Crippen LogP contribution in [0.3, 0.4) is 0 Å². The number of carbonyl (C=O) groups is 2. The molecule has 6 heteroatoms. The summed E-state index contributed by atoms with van der Waals surface area (Å²) < 4.78 is 5.64. The molecule has 1 saturated heterocycles. The Bertz CT molecular complexity index is 627. The molecule has 1 fully saturated rings. The number of hydrogen-bond donors (Lipinski definition) is 0. The largest absolute Gasteiger partial charge is 0.443 e. The molecule has 144 valence electrons. The fraction of sp³-hybridized carbons (Fsp3) is 0.650. The number of nitrogens with zero attached hydrogens (tertiary/aromatic N) is 3. The summed E-state index contributed by atoms with van der Waals surface area (Å²) in [6.07, 6.45) is 5.90. The number of anilines is 1. The zero-order valence-corrected chi connectivity index (χ0v) is 16.6. The van der Waals surface area contributed by atoms with Gasteiger partial charge in [-0.3, -0.25) is 9.69 Å². The fourth-order valence-electron chi connectivity index (χ4n) is 3.25. The van der Waals surface area contributed by atoms with E-state index < -0.39 is 11.7 Å². The van der Waals surface area contributed by atoms with Gasteiger partial charge in [0.1, 0.15) is 11.4 Å². The van der Waals surface area contributed by atoms with Crippen molar-refractivity contribution >= 4 is 18.3 Å². The average Bonchev–Trinajstić information content (AvgIpc) is 2.60. The van der Waals surface area contributed by atoms with Gasteiger partial charge in [-0.05, 0) is 59.4 Å². The van der Waals surface area contributed by atoms with Crippen molar-refractivity contribution in [2.45, 2.75) is 78.0 Å². The predicted molar refractivity (Wildman–Crippen MR) is 102 cm³/mol. The van der Waals surface area contributed by atoms with Gasteiger partial charge in [0.2, 0.25) is 6.41 Å². The molecule has 0 saturated carbocycles. The van der Waals surface area contributed by atoms with E-state index in [9.17, 15) is 9.59 Å². The first kappa shape index (κ1) is 20.2. The lowest BCUT2D eigenvalue weighted by atomic mass is 9.95. The molecule has 0 radical (unpaired) electrons. The second kappa shape index (κ2) is 8.52. The monoisotopic (exact) mass is 361 g/mol. The van der Waals surface area contributed by atoms with Gasteiger partial charge in [0.05, 0.1) is 6.04 Å². The SMILES string of the molecule is CC[C@@H](C)N(C(=O)OC(C)(C)C)c1ncccc1[C@H]1CCCCN1C=O. The maximum absolute atomic E-state index is 12.9. The topological polar surface area (TPSA) is 62.7 Å². The summed E-state index contributed by atoms with van der Waals surface area (Å²) in [5.74, 6) is 0.592. The molecule has 1 aromatic heterocycles. The molecule has 0 spiro atoms. The van der Waals surface area contributed by atoms with E-state index in [1.54, 1.807) is 11.1 Å². The van der Waals surface area contributed by atoms with Gasteiger partial charge in [-0.15, -0.1) is 0 Å². The molecule has 1 aliphatic heterocycles. The van der Waals surface area contributed by atoms with E-state index >= 15 is 0 Å². The van der Waals surface area contributed by atoms with Crippen LogP contribution in [0.4, 0.5) is 10.6 Å². The first-order valence-electron chi connectivity index (χ1n) is 9.46. The molecule has 1 aromatic rings. The Balaban J connectivity index is 2.45. The van der Waals surface area contributed by atoms with E-state index in [1.807, 2.05) is 51.7 Å². The molecule has 2 heterocycles. The van der Waals surface area contributed by atoms with Crippen LogP contribution < -0.4 is 4.90 Å². The minimum atomic E-state index is -0.586. The van der Waals surface area contributed by atoms with Crippen molar-refractivity contribution < 1.29 is 14.3 Å². The molecule has 26 heavy (non-hydrogen) atoms. The number of ether oxygens (including phenoxy) is 1. The average molecular weight is 361 g/mol. The van der Waals surface area contributed by atoms with Crippen LogP contribution in [-0.4, -0.2) is 40.6 Å². The van der Waals surface area contributed by atoms with Gasteiger partial charge in [-0.25, -0.2) is 9.78 Å². The Kier molecular flexibility index (Phi) is 6.62. The van der Waals surface area contributed by atoms with E-state index in [2.05, 4.69) is 4.98 Å². The molecule has 2 atom stereocenters. The summed E-state index contributed by atoms with van der Waals surface area (Å²) in [5.41, 5.74) is 0.322. The predicted octanol–water partition coefficient (Wildman–Crippen LogP) is 4.31. The van der Waals surface area contributed by atoms with Crippen LogP contribution >= 0.6 is 0 Å². The Hall–Kier alpha value is -2.11. The highest BCUT2D eigenvalue weighted by Crippen LogP contribution is 2.36. The van der Waals surface area contributed by atoms with E-state index in [-0.39, 0.29) is 12.1 Å². The number of pyridine rings is 1. The van der Waals surface area contributed by atoms with Crippen molar-refractivity contribution in [2.75, 3.05) is 11.4 Å².